The lowest BCUT2D eigenvalue weighted by Gasteiger charge is -2.27. The summed E-state index contributed by atoms with van der Waals surface area (Å²) < 4.78 is 4.89. The third-order valence-corrected chi connectivity index (χ3v) is 2.92. The van der Waals surface area contributed by atoms with Crippen molar-refractivity contribution in [3.63, 3.8) is 0 Å². The largest absolute Gasteiger partial charge is 0.394 e. The summed E-state index contributed by atoms with van der Waals surface area (Å²) in [6.45, 7) is 8.65. The average molecular weight is 231 g/mol. The number of amides is 1. The molecule has 0 fully saturated rings. The summed E-state index contributed by atoms with van der Waals surface area (Å²) in [5.41, 5.74) is 0.118. The molecule has 96 valence electrons. The van der Waals surface area contributed by atoms with Crippen molar-refractivity contribution in [1.82, 2.24) is 5.32 Å². The lowest BCUT2D eigenvalue weighted by atomic mass is 9.80. The van der Waals surface area contributed by atoms with Crippen molar-refractivity contribution in [3.8, 4) is 0 Å². The lowest BCUT2D eigenvalue weighted by molar-refractivity contribution is -0.124. The summed E-state index contributed by atoms with van der Waals surface area (Å²) in [4.78, 5) is 11.7. The van der Waals surface area contributed by atoms with E-state index in [0.29, 0.717) is 18.9 Å². The van der Waals surface area contributed by atoms with E-state index in [9.17, 15) is 4.79 Å². The summed E-state index contributed by atoms with van der Waals surface area (Å²) in [7, 11) is 1.55. The van der Waals surface area contributed by atoms with Gasteiger partial charge in [-0.15, -0.1) is 0 Å². The molecule has 0 aliphatic rings. The van der Waals surface area contributed by atoms with Crippen LogP contribution in [0.3, 0.4) is 0 Å². The topological polar surface area (TPSA) is 58.6 Å². The molecule has 0 aromatic heterocycles. The van der Waals surface area contributed by atoms with Gasteiger partial charge in [-0.3, -0.25) is 4.79 Å². The molecule has 2 atom stereocenters. The molecule has 0 saturated heterocycles. The van der Waals surface area contributed by atoms with Gasteiger partial charge in [-0.2, -0.15) is 0 Å². The van der Waals surface area contributed by atoms with Crippen LogP contribution in [0.5, 0.6) is 0 Å². The van der Waals surface area contributed by atoms with Gasteiger partial charge in [-0.05, 0) is 11.3 Å². The summed E-state index contributed by atoms with van der Waals surface area (Å²) >= 11 is 0. The van der Waals surface area contributed by atoms with Crippen molar-refractivity contribution in [2.75, 3.05) is 20.3 Å². The van der Waals surface area contributed by atoms with Crippen LogP contribution in [0.25, 0.3) is 0 Å². The van der Waals surface area contributed by atoms with Gasteiger partial charge < -0.3 is 15.2 Å². The number of nitrogens with one attached hydrogen (secondary N) is 1. The van der Waals surface area contributed by atoms with Gasteiger partial charge in [-0.25, -0.2) is 0 Å². The van der Waals surface area contributed by atoms with E-state index in [1.165, 1.54) is 0 Å². The fourth-order valence-electron chi connectivity index (χ4n) is 1.21. The maximum absolute atomic E-state index is 11.7. The second kappa shape index (κ2) is 6.86. The monoisotopic (exact) mass is 231 g/mol. The molecule has 16 heavy (non-hydrogen) atoms. The van der Waals surface area contributed by atoms with Crippen LogP contribution >= 0.6 is 0 Å². The predicted molar refractivity (Wildman–Crippen MR) is 64.1 cm³/mol. The van der Waals surface area contributed by atoms with Crippen LogP contribution in [0.1, 0.15) is 34.1 Å². The SMILES string of the molecule is COCC(CO)NC(=O)CC(C)C(C)(C)C. The molecule has 0 aromatic rings. The van der Waals surface area contributed by atoms with E-state index in [1.807, 2.05) is 0 Å². The second-order valence-electron chi connectivity index (χ2n) is 5.37. The van der Waals surface area contributed by atoms with Crippen LogP contribution in [0.4, 0.5) is 0 Å². The van der Waals surface area contributed by atoms with Crippen molar-refractivity contribution in [1.29, 1.82) is 0 Å². The van der Waals surface area contributed by atoms with Crippen molar-refractivity contribution < 1.29 is 14.6 Å². The minimum atomic E-state index is -0.301. The first-order chi connectivity index (χ1) is 7.31. The minimum Gasteiger partial charge on any atom is -0.394 e. The number of methoxy groups -OCH3 is 1. The third kappa shape index (κ3) is 6.08. The van der Waals surface area contributed by atoms with Crippen LogP contribution in [0.15, 0.2) is 0 Å². The highest BCUT2D eigenvalue weighted by Crippen LogP contribution is 2.27. The van der Waals surface area contributed by atoms with Crippen molar-refractivity contribution in [3.05, 3.63) is 0 Å². The smallest absolute Gasteiger partial charge is 0.220 e. The Hall–Kier alpha value is -0.610. The number of hydrogen-bond donors (Lipinski definition) is 2. The highest BCUT2D eigenvalue weighted by Gasteiger charge is 2.23. The Morgan fingerprint density at radius 2 is 2.00 bits per heavy atom. The first-order valence-corrected chi connectivity index (χ1v) is 5.70. The van der Waals surface area contributed by atoms with E-state index < -0.39 is 0 Å². The summed E-state index contributed by atoms with van der Waals surface area (Å²) in [5.74, 6) is 0.271. The van der Waals surface area contributed by atoms with Crippen molar-refractivity contribution >= 4 is 5.91 Å². The van der Waals surface area contributed by atoms with E-state index in [-0.39, 0.29) is 24.0 Å². The van der Waals surface area contributed by atoms with Gasteiger partial charge in [0.2, 0.25) is 5.91 Å². The van der Waals surface area contributed by atoms with Crippen LogP contribution in [0, 0.1) is 11.3 Å². The Morgan fingerprint density at radius 3 is 2.38 bits per heavy atom. The van der Waals surface area contributed by atoms with E-state index in [1.54, 1.807) is 7.11 Å². The zero-order chi connectivity index (χ0) is 12.8. The standard InChI is InChI=1S/C12H25NO3/c1-9(12(2,3)4)6-11(15)13-10(7-14)8-16-5/h9-10,14H,6-8H2,1-5H3,(H,13,15). The molecule has 1 amide bonds. The average Bonchev–Trinajstić information content (AvgIpc) is 2.15. The molecule has 0 bridgehead atoms. The molecular formula is C12H25NO3. The Kier molecular flexibility index (Phi) is 6.60. The molecule has 0 saturated carbocycles. The zero-order valence-electron chi connectivity index (χ0n) is 11.0. The number of ether oxygens (including phenoxy) is 1. The lowest BCUT2D eigenvalue weighted by Crippen LogP contribution is -2.41. The first-order valence-electron chi connectivity index (χ1n) is 5.70. The third-order valence-electron chi connectivity index (χ3n) is 2.92. The molecule has 0 heterocycles. The van der Waals surface area contributed by atoms with Gasteiger partial charge in [0, 0.05) is 13.5 Å². The fourth-order valence-corrected chi connectivity index (χ4v) is 1.21. The molecule has 0 rings (SSSR count). The fraction of sp³-hybridized carbons (Fsp3) is 0.917. The summed E-state index contributed by atoms with van der Waals surface area (Å²) in [6, 6.07) is -0.301. The summed E-state index contributed by atoms with van der Waals surface area (Å²) in [5, 5.41) is 11.8. The quantitative estimate of drug-likeness (QED) is 0.721. The van der Waals surface area contributed by atoms with Crippen LogP contribution in [-0.2, 0) is 9.53 Å². The van der Waals surface area contributed by atoms with Crippen LogP contribution in [0.2, 0.25) is 0 Å². The molecule has 0 spiro atoms. The number of carbonyl (C=O) groups excluding carboxylic acids is 1. The van der Waals surface area contributed by atoms with Gasteiger partial charge >= 0.3 is 0 Å². The van der Waals surface area contributed by atoms with E-state index >= 15 is 0 Å². The maximum atomic E-state index is 11.7. The van der Waals surface area contributed by atoms with Crippen LogP contribution < -0.4 is 5.32 Å². The number of rotatable bonds is 6. The van der Waals surface area contributed by atoms with Gasteiger partial charge in [0.05, 0.1) is 19.3 Å². The first kappa shape index (κ1) is 15.4. The Morgan fingerprint density at radius 1 is 1.44 bits per heavy atom. The zero-order valence-corrected chi connectivity index (χ0v) is 11.0. The van der Waals surface area contributed by atoms with E-state index in [4.69, 9.17) is 9.84 Å². The Balaban J connectivity index is 4.07. The molecular weight excluding hydrogens is 206 g/mol. The normalized spacial score (nSPS) is 15.6. The molecule has 4 heteroatoms. The van der Waals surface area contributed by atoms with Crippen LogP contribution in [-0.4, -0.2) is 37.4 Å². The van der Waals surface area contributed by atoms with Gasteiger partial charge in [0.15, 0.2) is 0 Å². The van der Waals surface area contributed by atoms with E-state index in [2.05, 4.69) is 33.0 Å². The molecule has 0 aliphatic carbocycles. The highest BCUT2D eigenvalue weighted by molar-refractivity contribution is 5.76. The highest BCUT2D eigenvalue weighted by atomic mass is 16.5. The van der Waals surface area contributed by atoms with Gasteiger partial charge in [-0.1, -0.05) is 27.7 Å². The Bertz CT molecular complexity index is 211. The molecule has 2 unspecified atom stereocenters. The molecule has 0 aromatic carbocycles. The molecule has 0 aliphatic heterocycles. The molecule has 2 N–H and O–H groups in total. The number of aliphatic hydroxyl groups is 1. The number of hydrogen-bond acceptors (Lipinski definition) is 3. The molecule has 0 radical (unpaired) electrons. The van der Waals surface area contributed by atoms with Gasteiger partial charge in [0.25, 0.3) is 0 Å². The van der Waals surface area contributed by atoms with E-state index in [0.717, 1.165) is 0 Å². The summed E-state index contributed by atoms with van der Waals surface area (Å²) in [6.07, 6.45) is 0.476. The van der Waals surface area contributed by atoms with Crippen molar-refractivity contribution in [2.24, 2.45) is 11.3 Å². The number of aliphatic hydroxyl groups excluding tert-OH is 1. The predicted octanol–water partition coefficient (Wildman–Crippen LogP) is 1.18. The maximum Gasteiger partial charge on any atom is 0.220 e. The Labute approximate surface area is 98.4 Å². The van der Waals surface area contributed by atoms with Gasteiger partial charge in [0.1, 0.15) is 0 Å². The number of carbonyl (C=O) groups is 1. The molecule has 4 nitrogen and oxygen atoms in total. The van der Waals surface area contributed by atoms with Crippen molar-refractivity contribution in [2.45, 2.75) is 40.2 Å². The second-order valence-corrected chi connectivity index (χ2v) is 5.37. The minimum absolute atomic E-state index is 0.0291.